The molecular formula is C57H41NO. The van der Waals surface area contributed by atoms with E-state index in [4.69, 9.17) is 4.42 Å². The highest BCUT2D eigenvalue weighted by atomic mass is 16.3. The Morgan fingerprint density at radius 3 is 1.44 bits per heavy atom. The predicted octanol–water partition coefficient (Wildman–Crippen LogP) is 16.0. The largest absolute Gasteiger partial charge is 0.456 e. The molecule has 1 aromatic heterocycles. The molecule has 0 saturated heterocycles. The van der Waals surface area contributed by atoms with Crippen molar-refractivity contribution >= 4 is 39.0 Å². The summed E-state index contributed by atoms with van der Waals surface area (Å²) >= 11 is 0. The first-order valence-electron chi connectivity index (χ1n) is 20.4. The summed E-state index contributed by atoms with van der Waals surface area (Å²) in [7, 11) is 0. The Bertz CT molecular complexity index is 3100. The quantitative estimate of drug-likeness (QED) is 0.161. The zero-order valence-electron chi connectivity index (χ0n) is 33.1. The minimum atomic E-state index is -0.114. The SMILES string of the molecule is CC1(C)c2ccccc2-c2ccc(N(c3ccc(-c4cc(-c5ccccc5)cc(-c5ccccc5)c4)cc3)c3ccc(-c4ccc5oc6ccccc6c5c4)cc3)cc21. The lowest BCUT2D eigenvalue weighted by molar-refractivity contribution is 0.660. The summed E-state index contributed by atoms with van der Waals surface area (Å²) < 4.78 is 6.14. The molecule has 280 valence electrons. The maximum atomic E-state index is 6.14. The molecule has 59 heavy (non-hydrogen) atoms. The van der Waals surface area contributed by atoms with Crippen molar-refractivity contribution in [3.63, 3.8) is 0 Å². The Morgan fingerprint density at radius 1 is 0.322 bits per heavy atom. The standard InChI is InChI=1S/C57H41NO/c1-57(2)53-19-11-9-17-49(53)50-31-30-48(37-54(50)57)58(46-26-21-40(22-27-46)42-25-32-56-52(36-42)51-18-10-12-20-55(51)59-56)47-28-23-41(24-29-47)45-34-43(38-13-5-3-6-14-38)33-44(35-45)39-15-7-4-8-16-39/h3-37H,1-2H3. The van der Waals surface area contributed by atoms with E-state index in [2.05, 4.69) is 219 Å². The molecule has 1 aliphatic rings. The molecule has 2 heteroatoms. The van der Waals surface area contributed by atoms with Crippen LogP contribution in [0.2, 0.25) is 0 Å². The third-order valence-electron chi connectivity index (χ3n) is 12.3. The highest BCUT2D eigenvalue weighted by Gasteiger charge is 2.35. The molecule has 10 aromatic rings. The maximum Gasteiger partial charge on any atom is 0.135 e. The van der Waals surface area contributed by atoms with Gasteiger partial charge in [-0.15, -0.1) is 0 Å². The van der Waals surface area contributed by atoms with Crippen molar-refractivity contribution in [1.82, 2.24) is 0 Å². The van der Waals surface area contributed by atoms with E-state index in [1.807, 2.05) is 12.1 Å². The summed E-state index contributed by atoms with van der Waals surface area (Å²) in [5.74, 6) is 0. The van der Waals surface area contributed by atoms with Crippen LogP contribution in [0.15, 0.2) is 217 Å². The van der Waals surface area contributed by atoms with Gasteiger partial charge in [0.25, 0.3) is 0 Å². The van der Waals surface area contributed by atoms with Gasteiger partial charge in [0, 0.05) is 33.2 Å². The molecule has 0 N–H and O–H groups in total. The summed E-state index contributed by atoms with van der Waals surface area (Å²) in [4.78, 5) is 2.40. The first-order valence-corrected chi connectivity index (χ1v) is 20.4. The molecule has 0 aliphatic heterocycles. The lowest BCUT2D eigenvalue weighted by atomic mass is 9.82. The third-order valence-corrected chi connectivity index (χ3v) is 12.3. The Kier molecular flexibility index (Phi) is 8.20. The highest BCUT2D eigenvalue weighted by Crippen LogP contribution is 2.51. The molecule has 0 fully saturated rings. The van der Waals surface area contributed by atoms with Crippen LogP contribution in [0.1, 0.15) is 25.0 Å². The summed E-state index contributed by atoms with van der Waals surface area (Å²) in [6.07, 6.45) is 0. The van der Waals surface area contributed by atoms with Crippen LogP contribution in [-0.4, -0.2) is 0 Å². The van der Waals surface area contributed by atoms with Crippen molar-refractivity contribution < 1.29 is 4.42 Å². The van der Waals surface area contributed by atoms with Gasteiger partial charge >= 0.3 is 0 Å². The van der Waals surface area contributed by atoms with Crippen LogP contribution in [-0.2, 0) is 5.41 Å². The molecule has 0 spiro atoms. The van der Waals surface area contributed by atoms with Crippen molar-refractivity contribution in [3.8, 4) is 55.6 Å². The van der Waals surface area contributed by atoms with E-state index in [1.165, 1.54) is 55.6 Å². The first-order chi connectivity index (χ1) is 29.0. The van der Waals surface area contributed by atoms with Crippen molar-refractivity contribution in [2.24, 2.45) is 0 Å². The van der Waals surface area contributed by atoms with E-state index in [9.17, 15) is 0 Å². The molecule has 0 bridgehead atoms. The number of furan rings is 1. The van der Waals surface area contributed by atoms with Gasteiger partial charge in [-0.1, -0.05) is 153 Å². The Morgan fingerprint density at radius 2 is 0.797 bits per heavy atom. The summed E-state index contributed by atoms with van der Waals surface area (Å²) in [5, 5.41) is 2.27. The van der Waals surface area contributed by atoms with E-state index in [0.29, 0.717) is 0 Å². The van der Waals surface area contributed by atoms with Crippen LogP contribution in [0.5, 0.6) is 0 Å². The minimum Gasteiger partial charge on any atom is -0.456 e. The molecule has 0 radical (unpaired) electrons. The monoisotopic (exact) mass is 755 g/mol. The number of hydrogen-bond acceptors (Lipinski definition) is 2. The van der Waals surface area contributed by atoms with Gasteiger partial charge in [0.2, 0.25) is 0 Å². The van der Waals surface area contributed by atoms with Gasteiger partial charge in [0.15, 0.2) is 0 Å². The molecular weight excluding hydrogens is 715 g/mol. The molecule has 1 aliphatic carbocycles. The lowest BCUT2D eigenvalue weighted by Gasteiger charge is -2.28. The number of hydrogen-bond donors (Lipinski definition) is 0. The summed E-state index contributed by atoms with van der Waals surface area (Å²) in [6, 6.07) is 77.0. The molecule has 2 nitrogen and oxygen atoms in total. The van der Waals surface area contributed by atoms with Crippen LogP contribution >= 0.6 is 0 Å². The molecule has 0 atom stereocenters. The van der Waals surface area contributed by atoms with Crippen molar-refractivity contribution in [2.75, 3.05) is 4.90 Å². The van der Waals surface area contributed by atoms with E-state index in [1.54, 1.807) is 0 Å². The van der Waals surface area contributed by atoms with Gasteiger partial charge < -0.3 is 9.32 Å². The second-order valence-corrected chi connectivity index (χ2v) is 16.2. The maximum absolute atomic E-state index is 6.14. The number of benzene rings is 9. The number of para-hydroxylation sites is 1. The summed E-state index contributed by atoms with van der Waals surface area (Å²) in [5.41, 5.74) is 19.9. The molecule has 0 saturated carbocycles. The van der Waals surface area contributed by atoms with Crippen molar-refractivity contribution in [1.29, 1.82) is 0 Å². The van der Waals surface area contributed by atoms with Gasteiger partial charge in [0.05, 0.1) is 0 Å². The summed E-state index contributed by atoms with van der Waals surface area (Å²) in [6.45, 7) is 4.70. The van der Waals surface area contributed by atoms with Crippen LogP contribution in [0.3, 0.4) is 0 Å². The molecule has 11 rings (SSSR count). The zero-order valence-corrected chi connectivity index (χ0v) is 33.1. The fourth-order valence-corrected chi connectivity index (χ4v) is 9.18. The minimum absolute atomic E-state index is 0.114. The van der Waals surface area contributed by atoms with Crippen LogP contribution in [0.4, 0.5) is 17.1 Å². The molecule has 0 unspecified atom stereocenters. The lowest BCUT2D eigenvalue weighted by Crippen LogP contribution is -2.16. The topological polar surface area (TPSA) is 16.4 Å². The van der Waals surface area contributed by atoms with Gasteiger partial charge in [-0.25, -0.2) is 0 Å². The van der Waals surface area contributed by atoms with E-state index in [0.717, 1.165) is 50.1 Å². The number of nitrogens with zero attached hydrogens (tertiary/aromatic N) is 1. The average Bonchev–Trinajstić information content (AvgIpc) is 3.78. The second-order valence-electron chi connectivity index (χ2n) is 16.2. The van der Waals surface area contributed by atoms with Crippen LogP contribution in [0.25, 0.3) is 77.6 Å². The third kappa shape index (κ3) is 6.04. The first kappa shape index (κ1) is 34.8. The zero-order chi connectivity index (χ0) is 39.5. The number of fused-ring (bicyclic) bond motifs is 6. The predicted molar refractivity (Wildman–Crippen MR) is 248 cm³/mol. The van der Waals surface area contributed by atoms with E-state index < -0.39 is 0 Å². The average molecular weight is 756 g/mol. The van der Waals surface area contributed by atoms with Crippen molar-refractivity contribution in [3.05, 3.63) is 223 Å². The van der Waals surface area contributed by atoms with Crippen LogP contribution in [0, 0.1) is 0 Å². The molecule has 9 aromatic carbocycles. The fraction of sp³-hybridized carbons (Fsp3) is 0.0526. The van der Waals surface area contributed by atoms with E-state index >= 15 is 0 Å². The van der Waals surface area contributed by atoms with E-state index in [-0.39, 0.29) is 5.41 Å². The smallest absolute Gasteiger partial charge is 0.135 e. The number of anilines is 3. The Balaban J connectivity index is 1.01. The Labute approximate surface area is 345 Å². The Hall–Kier alpha value is -7.42. The van der Waals surface area contributed by atoms with Crippen molar-refractivity contribution in [2.45, 2.75) is 19.3 Å². The van der Waals surface area contributed by atoms with Gasteiger partial charge in [-0.2, -0.15) is 0 Å². The van der Waals surface area contributed by atoms with Gasteiger partial charge in [0.1, 0.15) is 11.2 Å². The van der Waals surface area contributed by atoms with Gasteiger partial charge in [-0.3, -0.25) is 0 Å². The van der Waals surface area contributed by atoms with Crippen LogP contribution < -0.4 is 4.90 Å². The fourth-order valence-electron chi connectivity index (χ4n) is 9.18. The highest BCUT2D eigenvalue weighted by molar-refractivity contribution is 6.06. The normalized spacial score (nSPS) is 12.7. The van der Waals surface area contributed by atoms with Gasteiger partial charge in [-0.05, 0) is 140 Å². The second kappa shape index (κ2) is 13.9. The number of rotatable bonds is 7. The molecule has 0 amide bonds. The molecule has 1 heterocycles.